The van der Waals surface area contributed by atoms with Crippen LogP contribution in [0.1, 0.15) is 17.3 Å². The summed E-state index contributed by atoms with van der Waals surface area (Å²) in [5.74, 6) is 1.08. The summed E-state index contributed by atoms with van der Waals surface area (Å²) in [6.07, 6.45) is 0. The predicted molar refractivity (Wildman–Crippen MR) is 86.0 cm³/mol. The number of Topliss-reactive ketones (excluding diaryl/α,β-unsaturated/α-hetero) is 1. The van der Waals surface area contributed by atoms with Crippen molar-refractivity contribution in [3.8, 4) is 11.5 Å². The molecule has 0 aliphatic rings. The number of anilines is 1. The lowest BCUT2D eigenvalue weighted by Gasteiger charge is -2.13. The third-order valence-electron chi connectivity index (χ3n) is 2.80. The molecule has 2 N–H and O–H groups in total. The fourth-order valence-electron chi connectivity index (χ4n) is 1.86. The molecule has 4 nitrogen and oxygen atoms in total. The van der Waals surface area contributed by atoms with Crippen LogP contribution >= 0.6 is 15.9 Å². The standard InChI is InChI=1S/C16H16BrNO3/c1-11(19)14-9-12(17)10-15(18)16(14)21-8-7-20-13-5-3-2-4-6-13/h2-6,9-10H,7-8,18H2,1H3. The largest absolute Gasteiger partial charge is 0.490 e. The lowest BCUT2D eigenvalue weighted by Crippen LogP contribution is -2.12. The van der Waals surface area contributed by atoms with E-state index in [1.165, 1.54) is 6.92 Å². The number of nitrogen functional groups attached to an aromatic ring is 1. The number of hydrogen-bond acceptors (Lipinski definition) is 4. The molecular weight excluding hydrogens is 334 g/mol. The minimum Gasteiger partial charge on any atom is -0.490 e. The molecule has 0 aromatic heterocycles. The molecule has 0 spiro atoms. The maximum atomic E-state index is 11.6. The average molecular weight is 350 g/mol. The van der Waals surface area contributed by atoms with Crippen molar-refractivity contribution in [1.82, 2.24) is 0 Å². The number of nitrogens with two attached hydrogens (primary N) is 1. The second-order valence-corrected chi connectivity index (χ2v) is 5.35. The van der Waals surface area contributed by atoms with Crippen molar-refractivity contribution >= 4 is 27.4 Å². The van der Waals surface area contributed by atoms with Crippen LogP contribution in [-0.4, -0.2) is 19.0 Å². The summed E-state index contributed by atoms with van der Waals surface area (Å²) in [5.41, 5.74) is 6.79. The van der Waals surface area contributed by atoms with E-state index in [2.05, 4.69) is 15.9 Å². The van der Waals surface area contributed by atoms with E-state index >= 15 is 0 Å². The molecule has 0 aliphatic heterocycles. The highest BCUT2D eigenvalue weighted by Gasteiger charge is 2.13. The molecule has 0 atom stereocenters. The fraction of sp³-hybridized carbons (Fsp3) is 0.188. The zero-order valence-electron chi connectivity index (χ0n) is 11.6. The summed E-state index contributed by atoms with van der Waals surface area (Å²) in [7, 11) is 0. The van der Waals surface area contributed by atoms with Crippen LogP contribution < -0.4 is 15.2 Å². The maximum absolute atomic E-state index is 11.6. The highest BCUT2D eigenvalue weighted by molar-refractivity contribution is 9.10. The highest BCUT2D eigenvalue weighted by Crippen LogP contribution is 2.31. The van der Waals surface area contributed by atoms with Crippen molar-refractivity contribution in [2.45, 2.75) is 6.92 Å². The van der Waals surface area contributed by atoms with Gasteiger partial charge in [0.05, 0.1) is 11.3 Å². The molecule has 2 rings (SSSR count). The quantitative estimate of drug-likeness (QED) is 0.490. The van der Waals surface area contributed by atoms with Gasteiger partial charge in [0.25, 0.3) is 0 Å². The summed E-state index contributed by atoms with van der Waals surface area (Å²) in [6, 6.07) is 12.9. The van der Waals surface area contributed by atoms with E-state index in [1.807, 2.05) is 30.3 Å². The summed E-state index contributed by atoms with van der Waals surface area (Å²) in [4.78, 5) is 11.6. The summed E-state index contributed by atoms with van der Waals surface area (Å²) < 4.78 is 11.9. The van der Waals surface area contributed by atoms with Crippen molar-refractivity contribution in [3.63, 3.8) is 0 Å². The van der Waals surface area contributed by atoms with E-state index in [0.29, 0.717) is 30.2 Å². The Bertz CT molecular complexity index is 629. The molecule has 2 aromatic rings. The van der Waals surface area contributed by atoms with Gasteiger partial charge in [-0.05, 0) is 31.2 Å². The molecule has 5 heteroatoms. The summed E-state index contributed by atoms with van der Waals surface area (Å²) in [5, 5.41) is 0. The van der Waals surface area contributed by atoms with Crippen LogP contribution in [0.15, 0.2) is 46.9 Å². The second-order valence-electron chi connectivity index (χ2n) is 4.44. The predicted octanol–water partition coefficient (Wildman–Crippen LogP) is 3.69. The van der Waals surface area contributed by atoms with Crippen molar-refractivity contribution < 1.29 is 14.3 Å². The molecule has 2 aromatic carbocycles. The van der Waals surface area contributed by atoms with Crippen LogP contribution in [0.3, 0.4) is 0 Å². The van der Waals surface area contributed by atoms with Crippen LogP contribution in [0.25, 0.3) is 0 Å². The first-order valence-electron chi connectivity index (χ1n) is 6.48. The zero-order valence-corrected chi connectivity index (χ0v) is 13.2. The Hall–Kier alpha value is -2.01. The number of ether oxygens (including phenoxy) is 2. The van der Waals surface area contributed by atoms with Crippen molar-refractivity contribution in [2.24, 2.45) is 0 Å². The summed E-state index contributed by atoms with van der Waals surface area (Å²) in [6.45, 7) is 2.16. The third-order valence-corrected chi connectivity index (χ3v) is 3.26. The van der Waals surface area contributed by atoms with Crippen molar-refractivity contribution in [2.75, 3.05) is 18.9 Å². The van der Waals surface area contributed by atoms with Gasteiger partial charge in [-0.3, -0.25) is 4.79 Å². The Balaban J connectivity index is 1.98. The monoisotopic (exact) mass is 349 g/mol. The number of carbonyl (C=O) groups excluding carboxylic acids is 1. The first-order chi connectivity index (χ1) is 10.1. The van der Waals surface area contributed by atoms with Gasteiger partial charge < -0.3 is 15.2 Å². The van der Waals surface area contributed by atoms with Crippen molar-refractivity contribution in [3.05, 3.63) is 52.5 Å². The smallest absolute Gasteiger partial charge is 0.163 e. The van der Waals surface area contributed by atoms with Crippen LogP contribution in [0.4, 0.5) is 5.69 Å². The lowest BCUT2D eigenvalue weighted by molar-refractivity contribution is 0.101. The molecule has 110 valence electrons. The molecule has 0 saturated heterocycles. The third kappa shape index (κ3) is 4.23. The molecule has 0 heterocycles. The number of para-hydroxylation sites is 1. The lowest BCUT2D eigenvalue weighted by atomic mass is 10.1. The molecule has 21 heavy (non-hydrogen) atoms. The Morgan fingerprint density at radius 2 is 1.81 bits per heavy atom. The number of halogens is 1. The van der Waals surface area contributed by atoms with Crippen LogP contribution in [0, 0.1) is 0 Å². The second kappa shape index (κ2) is 7.13. The Kier molecular flexibility index (Phi) is 5.22. The van der Waals surface area contributed by atoms with Gasteiger partial charge >= 0.3 is 0 Å². The Morgan fingerprint density at radius 1 is 1.14 bits per heavy atom. The van der Waals surface area contributed by atoms with E-state index in [4.69, 9.17) is 15.2 Å². The molecule has 0 radical (unpaired) electrons. The van der Waals surface area contributed by atoms with Crippen LogP contribution in [0.2, 0.25) is 0 Å². The SMILES string of the molecule is CC(=O)c1cc(Br)cc(N)c1OCCOc1ccccc1. The zero-order chi connectivity index (χ0) is 15.2. The minimum atomic E-state index is -0.0954. The molecule has 0 fully saturated rings. The highest BCUT2D eigenvalue weighted by atomic mass is 79.9. The molecular formula is C16H16BrNO3. The maximum Gasteiger partial charge on any atom is 0.163 e. The van der Waals surface area contributed by atoms with Crippen molar-refractivity contribution in [1.29, 1.82) is 0 Å². The van der Waals surface area contributed by atoms with E-state index in [9.17, 15) is 4.79 Å². The molecule has 0 aliphatic carbocycles. The van der Waals surface area contributed by atoms with Gasteiger partial charge in [0, 0.05) is 4.47 Å². The van der Waals surface area contributed by atoms with Gasteiger partial charge in [0.1, 0.15) is 19.0 Å². The average Bonchev–Trinajstić information content (AvgIpc) is 2.45. The molecule has 0 bridgehead atoms. The van der Waals surface area contributed by atoms with E-state index in [0.717, 1.165) is 10.2 Å². The molecule has 0 unspecified atom stereocenters. The van der Waals surface area contributed by atoms with Gasteiger partial charge in [0.15, 0.2) is 11.5 Å². The fourth-order valence-corrected chi connectivity index (χ4v) is 2.33. The first kappa shape index (κ1) is 15.4. The van der Waals surface area contributed by atoms with E-state index in [-0.39, 0.29) is 5.78 Å². The number of ketones is 1. The van der Waals surface area contributed by atoms with Gasteiger partial charge in [-0.25, -0.2) is 0 Å². The van der Waals surface area contributed by atoms with Crippen LogP contribution in [-0.2, 0) is 0 Å². The Labute approximate surface area is 132 Å². The van der Waals surface area contributed by atoms with Gasteiger partial charge in [-0.1, -0.05) is 34.1 Å². The van der Waals surface area contributed by atoms with Gasteiger partial charge in [0.2, 0.25) is 0 Å². The van der Waals surface area contributed by atoms with E-state index in [1.54, 1.807) is 12.1 Å². The number of carbonyl (C=O) groups is 1. The first-order valence-corrected chi connectivity index (χ1v) is 7.28. The molecule has 0 saturated carbocycles. The Morgan fingerprint density at radius 3 is 2.48 bits per heavy atom. The normalized spacial score (nSPS) is 10.2. The number of hydrogen-bond donors (Lipinski definition) is 1. The topological polar surface area (TPSA) is 61.6 Å². The number of rotatable bonds is 6. The van der Waals surface area contributed by atoms with Gasteiger partial charge in [-0.2, -0.15) is 0 Å². The van der Waals surface area contributed by atoms with Gasteiger partial charge in [-0.15, -0.1) is 0 Å². The molecule has 0 amide bonds. The van der Waals surface area contributed by atoms with Crippen LogP contribution in [0.5, 0.6) is 11.5 Å². The van der Waals surface area contributed by atoms with E-state index < -0.39 is 0 Å². The minimum absolute atomic E-state index is 0.0954. The number of benzene rings is 2. The summed E-state index contributed by atoms with van der Waals surface area (Å²) >= 11 is 3.32.